The Kier molecular flexibility index (Phi) is 7.77. The quantitative estimate of drug-likeness (QED) is 0.164. The molecular weight excluding hydrogens is 524 g/mol. The molecule has 2 aromatic carbocycles. The standard InChI is InChI=1S/C29H30N8O4/c1-3-35-12-14-36(15-13-35)27(31-19-30)32-22-7-4-20(5-8-22)10-11-29(26(39)33-28(40)34-29)18-37-17-21-6-9-23(41-2)16-24(21)25(37)38/h4-9,16H,3,12-15,17-18H2,1-2H3,(H,31,32)(H2,33,34,39,40). The molecule has 0 saturated carbocycles. The molecular formula is C29H30N8O4. The number of carbonyl (C=O) groups is 3. The number of nitrogens with zero attached hydrogens (tertiary/aromatic N) is 5. The minimum Gasteiger partial charge on any atom is -0.497 e. The van der Waals surface area contributed by atoms with Gasteiger partial charge in [0.05, 0.1) is 13.7 Å². The van der Waals surface area contributed by atoms with Crippen LogP contribution >= 0.6 is 0 Å². The third-order valence-electron chi connectivity index (χ3n) is 7.40. The van der Waals surface area contributed by atoms with Crippen molar-refractivity contribution in [2.24, 2.45) is 4.99 Å². The molecule has 3 aliphatic heterocycles. The molecule has 0 radical (unpaired) electrons. The fourth-order valence-electron chi connectivity index (χ4n) is 5.06. The number of urea groups is 1. The third-order valence-corrected chi connectivity index (χ3v) is 7.40. The Bertz CT molecular complexity index is 1500. The lowest BCUT2D eigenvalue weighted by molar-refractivity contribution is -0.122. The van der Waals surface area contributed by atoms with Gasteiger partial charge in [-0.3, -0.25) is 14.9 Å². The summed E-state index contributed by atoms with van der Waals surface area (Å²) in [6.07, 6.45) is 1.87. The highest BCUT2D eigenvalue weighted by atomic mass is 16.5. The lowest BCUT2D eigenvalue weighted by atomic mass is 9.99. The summed E-state index contributed by atoms with van der Waals surface area (Å²) in [5.41, 5.74) is 1.01. The Hall–Kier alpha value is -5.07. The summed E-state index contributed by atoms with van der Waals surface area (Å²) in [4.78, 5) is 48.0. The van der Waals surface area contributed by atoms with E-state index in [-0.39, 0.29) is 19.0 Å². The van der Waals surface area contributed by atoms with Crippen LogP contribution in [0.15, 0.2) is 47.5 Å². The van der Waals surface area contributed by atoms with E-state index < -0.39 is 17.5 Å². The molecule has 1 unspecified atom stereocenters. The van der Waals surface area contributed by atoms with Gasteiger partial charge in [-0.2, -0.15) is 5.26 Å². The van der Waals surface area contributed by atoms with Crippen LogP contribution in [0.2, 0.25) is 0 Å². The van der Waals surface area contributed by atoms with Crippen molar-refractivity contribution in [2.45, 2.75) is 19.0 Å². The van der Waals surface area contributed by atoms with Crippen molar-refractivity contribution in [1.82, 2.24) is 25.3 Å². The molecule has 2 saturated heterocycles. The number of piperazine rings is 1. The third kappa shape index (κ3) is 5.78. The van der Waals surface area contributed by atoms with Gasteiger partial charge in [-0.25, -0.2) is 4.79 Å². The summed E-state index contributed by atoms with van der Waals surface area (Å²) >= 11 is 0. The highest BCUT2D eigenvalue weighted by Crippen LogP contribution is 2.28. The van der Waals surface area contributed by atoms with Crippen molar-refractivity contribution in [3.63, 3.8) is 0 Å². The van der Waals surface area contributed by atoms with Gasteiger partial charge < -0.3 is 30.1 Å². The number of ether oxygens (including phenoxy) is 1. The fourth-order valence-corrected chi connectivity index (χ4v) is 5.06. The number of nitrogens with one attached hydrogen (secondary N) is 3. The molecule has 0 bridgehead atoms. The van der Waals surface area contributed by atoms with E-state index in [1.165, 1.54) is 12.0 Å². The summed E-state index contributed by atoms with van der Waals surface area (Å²) in [6, 6.07) is 11.7. The Labute approximate surface area is 237 Å². The van der Waals surface area contributed by atoms with Crippen LogP contribution in [-0.2, 0) is 11.3 Å². The Morgan fingerprint density at radius 3 is 2.51 bits per heavy atom. The molecule has 210 valence electrons. The molecule has 5 rings (SSSR count). The molecule has 3 N–H and O–H groups in total. The minimum absolute atomic E-state index is 0.119. The predicted octanol–water partition coefficient (Wildman–Crippen LogP) is 1.17. The van der Waals surface area contributed by atoms with Gasteiger partial charge in [0, 0.05) is 49.5 Å². The average Bonchev–Trinajstić information content (AvgIpc) is 3.45. The first-order valence-electron chi connectivity index (χ1n) is 13.3. The average molecular weight is 555 g/mol. The number of aliphatic imine (C=N–C) groups is 1. The summed E-state index contributed by atoms with van der Waals surface area (Å²) in [7, 11) is 1.53. The van der Waals surface area contributed by atoms with Crippen LogP contribution in [0.25, 0.3) is 0 Å². The summed E-state index contributed by atoms with van der Waals surface area (Å²) in [6.45, 7) is 6.59. The maximum absolute atomic E-state index is 13.1. The summed E-state index contributed by atoms with van der Waals surface area (Å²) < 4.78 is 5.23. The molecule has 12 nitrogen and oxygen atoms in total. The number of rotatable bonds is 5. The second kappa shape index (κ2) is 11.6. The van der Waals surface area contributed by atoms with Crippen molar-refractivity contribution in [1.29, 1.82) is 5.26 Å². The van der Waals surface area contributed by atoms with Crippen LogP contribution in [0, 0.1) is 23.3 Å². The van der Waals surface area contributed by atoms with Crippen molar-refractivity contribution in [3.05, 3.63) is 59.2 Å². The molecule has 1 atom stereocenters. The number of methoxy groups -OCH3 is 1. The van der Waals surface area contributed by atoms with E-state index in [1.54, 1.807) is 36.4 Å². The monoisotopic (exact) mass is 554 g/mol. The van der Waals surface area contributed by atoms with Gasteiger partial charge >= 0.3 is 6.03 Å². The molecule has 4 amide bonds. The first kappa shape index (κ1) is 27.5. The highest BCUT2D eigenvalue weighted by molar-refractivity contribution is 6.10. The SMILES string of the molecule is CCN1CCN(/C(=N/C#N)Nc2ccc(C#CC3(CN4Cc5ccc(OC)cc5C4=O)NC(=O)NC3=O)cc2)CC1. The normalized spacial score (nSPS) is 20.5. The zero-order chi connectivity index (χ0) is 29.0. The molecule has 41 heavy (non-hydrogen) atoms. The van der Waals surface area contributed by atoms with Gasteiger partial charge in [-0.1, -0.05) is 24.8 Å². The number of imide groups is 1. The van der Waals surface area contributed by atoms with Crippen molar-refractivity contribution < 1.29 is 19.1 Å². The second-order valence-corrected chi connectivity index (χ2v) is 9.91. The van der Waals surface area contributed by atoms with Gasteiger partial charge in [0.15, 0.2) is 0 Å². The van der Waals surface area contributed by atoms with Crippen molar-refractivity contribution >= 4 is 29.5 Å². The van der Waals surface area contributed by atoms with Crippen molar-refractivity contribution in [2.75, 3.05) is 51.7 Å². The largest absolute Gasteiger partial charge is 0.497 e. The van der Waals surface area contributed by atoms with E-state index in [4.69, 9.17) is 4.74 Å². The summed E-state index contributed by atoms with van der Waals surface area (Å²) in [5, 5.41) is 17.3. The number of hydrogen-bond donors (Lipinski definition) is 3. The van der Waals surface area contributed by atoms with Gasteiger partial charge in [-0.05, 0) is 48.5 Å². The number of fused-ring (bicyclic) bond motifs is 1. The Morgan fingerprint density at radius 1 is 1.12 bits per heavy atom. The smallest absolute Gasteiger partial charge is 0.323 e. The maximum Gasteiger partial charge on any atom is 0.323 e. The number of hydrogen-bond acceptors (Lipinski definition) is 7. The number of carbonyl (C=O) groups excluding carboxylic acids is 3. The minimum atomic E-state index is -1.61. The Balaban J connectivity index is 1.31. The Morgan fingerprint density at radius 2 is 1.88 bits per heavy atom. The van der Waals surface area contributed by atoms with E-state index >= 15 is 0 Å². The molecule has 3 aliphatic rings. The van der Waals surface area contributed by atoms with E-state index in [0.29, 0.717) is 22.8 Å². The molecule has 2 aromatic rings. The number of amides is 4. The molecule has 2 fully saturated rings. The molecule has 12 heteroatoms. The van der Waals surface area contributed by atoms with E-state index in [2.05, 4.69) is 44.6 Å². The van der Waals surface area contributed by atoms with E-state index in [0.717, 1.165) is 44.0 Å². The maximum atomic E-state index is 13.1. The van der Waals surface area contributed by atoms with E-state index in [1.807, 2.05) is 17.2 Å². The second-order valence-electron chi connectivity index (χ2n) is 9.91. The van der Waals surface area contributed by atoms with Crippen LogP contribution in [0.3, 0.4) is 0 Å². The molecule has 0 spiro atoms. The number of benzene rings is 2. The lowest BCUT2D eigenvalue weighted by Crippen LogP contribution is -2.54. The zero-order valence-electron chi connectivity index (χ0n) is 22.9. The van der Waals surface area contributed by atoms with Crippen LogP contribution < -0.4 is 20.7 Å². The van der Waals surface area contributed by atoms with E-state index in [9.17, 15) is 19.6 Å². The van der Waals surface area contributed by atoms with Gasteiger partial charge in [0.25, 0.3) is 11.8 Å². The molecule has 0 aliphatic carbocycles. The first-order valence-corrected chi connectivity index (χ1v) is 13.3. The van der Waals surface area contributed by atoms with Crippen LogP contribution in [0.5, 0.6) is 5.75 Å². The van der Waals surface area contributed by atoms with Gasteiger partial charge in [0.2, 0.25) is 17.7 Å². The number of anilines is 1. The van der Waals surface area contributed by atoms with Crippen LogP contribution in [0.1, 0.15) is 28.4 Å². The predicted molar refractivity (Wildman–Crippen MR) is 151 cm³/mol. The topological polar surface area (TPSA) is 142 Å². The number of guanidine groups is 1. The molecule has 0 aromatic heterocycles. The number of likely N-dealkylation sites (N-methyl/N-ethyl adjacent to an activating group) is 1. The number of nitriles is 1. The van der Waals surface area contributed by atoms with Crippen molar-refractivity contribution in [3.8, 4) is 23.8 Å². The van der Waals surface area contributed by atoms with Crippen LogP contribution in [0.4, 0.5) is 10.5 Å². The van der Waals surface area contributed by atoms with Gasteiger partial charge in [0.1, 0.15) is 5.75 Å². The summed E-state index contributed by atoms with van der Waals surface area (Å²) in [5.74, 6) is 6.06. The molecule has 3 heterocycles. The highest BCUT2D eigenvalue weighted by Gasteiger charge is 2.48. The lowest BCUT2D eigenvalue weighted by Gasteiger charge is -2.35. The zero-order valence-corrected chi connectivity index (χ0v) is 22.9. The first-order chi connectivity index (χ1) is 19.8. The van der Waals surface area contributed by atoms with Gasteiger partial charge in [-0.15, -0.1) is 4.99 Å². The van der Waals surface area contributed by atoms with Crippen LogP contribution in [-0.4, -0.2) is 90.4 Å². The fraction of sp³-hybridized carbons (Fsp3) is 0.345.